The average molecular weight is 466 g/mol. The third-order valence-electron chi connectivity index (χ3n) is 4.93. The predicted octanol–water partition coefficient (Wildman–Crippen LogP) is 1.48. The van der Waals surface area contributed by atoms with Crippen LogP contribution in [0.4, 0.5) is 5.69 Å². The number of nitrogens with one attached hydrogen (secondary N) is 1. The van der Waals surface area contributed by atoms with Crippen molar-refractivity contribution in [3.63, 3.8) is 0 Å². The van der Waals surface area contributed by atoms with Gasteiger partial charge in [-0.05, 0) is 28.7 Å². The summed E-state index contributed by atoms with van der Waals surface area (Å²) in [6.45, 7) is 4.17. The monoisotopic (exact) mass is 465 g/mol. The molecule has 1 aliphatic carbocycles. The molecule has 4 aromatic rings. The molecule has 5 rings (SSSR count). The molecule has 0 spiro atoms. The zero-order valence-corrected chi connectivity index (χ0v) is 19.5. The van der Waals surface area contributed by atoms with Gasteiger partial charge in [0, 0.05) is 0 Å². The van der Waals surface area contributed by atoms with E-state index in [1.807, 2.05) is 24.3 Å². The zero-order chi connectivity index (χ0) is 18.6. The third-order valence-corrected chi connectivity index (χ3v) is 4.93. The van der Waals surface area contributed by atoms with Crippen molar-refractivity contribution in [2.45, 2.75) is 6.42 Å². The molecule has 0 bridgehead atoms. The van der Waals surface area contributed by atoms with Gasteiger partial charge in [0.1, 0.15) is 0 Å². The second kappa shape index (κ2) is 11.9. The molecule has 1 nitrogen and oxygen atoms in total. The maximum atomic E-state index is 7.00. The normalized spacial score (nSPS) is 10.0. The van der Waals surface area contributed by atoms with Gasteiger partial charge in [0.2, 0.25) is 0 Å². The van der Waals surface area contributed by atoms with Crippen LogP contribution in [0.1, 0.15) is 16.7 Å². The minimum Gasteiger partial charge on any atom is -1.00 e. The Morgan fingerprint density at radius 1 is 0.567 bits per heavy atom. The van der Waals surface area contributed by atoms with Gasteiger partial charge in [0.25, 0.3) is 0 Å². The van der Waals surface area contributed by atoms with Gasteiger partial charge < -0.3 is 30.5 Å². The molecule has 30 heavy (non-hydrogen) atoms. The van der Waals surface area contributed by atoms with E-state index >= 15 is 0 Å². The number of fused-ring (bicyclic) bond motifs is 3. The van der Waals surface area contributed by atoms with E-state index in [9.17, 15) is 0 Å². The summed E-state index contributed by atoms with van der Waals surface area (Å²) in [5.74, 6) is 0. The van der Waals surface area contributed by atoms with Crippen LogP contribution in [0.15, 0.2) is 97.1 Å². The summed E-state index contributed by atoms with van der Waals surface area (Å²) in [4.78, 5) is 0. The summed E-state index contributed by atoms with van der Waals surface area (Å²) in [5.41, 5.74) is 16.9. The van der Waals surface area contributed by atoms with Gasteiger partial charge in [-0.3, -0.25) is 0 Å². The first-order chi connectivity index (χ1) is 13.2. The number of hydrogen-bond acceptors (Lipinski definition) is 0. The molecule has 1 N–H and O–H groups in total. The van der Waals surface area contributed by atoms with E-state index in [4.69, 9.17) is 5.73 Å². The van der Waals surface area contributed by atoms with E-state index in [0.717, 1.165) is 12.0 Å². The molecule has 0 amide bonds. The van der Waals surface area contributed by atoms with Crippen LogP contribution in [0.5, 0.6) is 0 Å². The second-order valence-corrected chi connectivity index (χ2v) is 6.69. The molecule has 0 saturated heterocycles. The van der Waals surface area contributed by atoms with Crippen molar-refractivity contribution in [3.8, 4) is 22.3 Å². The summed E-state index contributed by atoms with van der Waals surface area (Å²) in [5, 5.41) is 0. The molecule has 0 heterocycles. The van der Waals surface area contributed by atoms with Crippen LogP contribution in [0.3, 0.4) is 0 Å². The maximum Gasteiger partial charge on any atom is 2.00 e. The van der Waals surface area contributed by atoms with Gasteiger partial charge in [0.15, 0.2) is 0 Å². The summed E-state index contributed by atoms with van der Waals surface area (Å²) in [6.07, 6.45) is 1.02. The van der Waals surface area contributed by atoms with Crippen molar-refractivity contribution in [1.82, 2.24) is 0 Å². The summed E-state index contributed by atoms with van der Waals surface area (Å²) in [7, 11) is 0. The number of halogens is 2. The average Bonchev–Trinajstić information content (AvgIpc) is 3.08. The van der Waals surface area contributed by atoms with Gasteiger partial charge in [-0.1, -0.05) is 84.4 Å². The quantitative estimate of drug-likeness (QED) is 0.264. The van der Waals surface area contributed by atoms with E-state index in [1.54, 1.807) is 12.1 Å². The van der Waals surface area contributed by atoms with Crippen molar-refractivity contribution >= 4 is 5.69 Å². The van der Waals surface area contributed by atoms with Gasteiger partial charge in [-0.25, -0.2) is 0 Å². The van der Waals surface area contributed by atoms with Crippen LogP contribution in [0.25, 0.3) is 28.0 Å². The Kier molecular flexibility index (Phi) is 10.3. The molecule has 1 aliphatic rings. The van der Waals surface area contributed by atoms with E-state index in [0.29, 0.717) is 5.69 Å². The molecule has 0 aromatic heterocycles. The number of hydrogen-bond donors (Lipinski definition) is 0. The second-order valence-electron chi connectivity index (χ2n) is 6.69. The Morgan fingerprint density at radius 2 is 1.07 bits per heavy atom. The first-order valence-electron chi connectivity index (χ1n) is 9.12. The minimum absolute atomic E-state index is 0. The van der Waals surface area contributed by atoms with Crippen molar-refractivity contribution in [2.75, 3.05) is 0 Å². The van der Waals surface area contributed by atoms with E-state index < -0.39 is 0 Å². The molecule has 150 valence electrons. The van der Waals surface area contributed by atoms with Crippen molar-refractivity contribution in [2.24, 2.45) is 0 Å². The molecular weight excluding hydrogens is 445 g/mol. The standard InChI is InChI=1S/C20H15.C6H6N.2ClH.Ti/c1-14-7-2-4-9-16(14)18-11-6-12-19-17-10-5-3-8-15(17)13-20(18)19;7-6-4-2-1-3-5-6;;;/h2-12H,1,13H2;1-5,7H;2*1H;/q2*-1;;;+2/p-2. The molecule has 0 atom stereocenters. The van der Waals surface area contributed by atoms with Crippen LogP contribution >= 0.6 is 0 Å². The summed E-state index contributed by atoms with van der Waals surface area (Å²) in [6, 6.07) is 32.8. The Morgan fingerprint density at radius 3 is 1.67 bits per heavy atom. The fourth-order valence-corrected chi connectivity index (χ4v) is 3.63. The van der Waals surface area contributed by atoms with E-state index in [-0.39, 0.29) is 46.5 Å². The minimum atomic E-state index is 0. The van der Waals surface area contributed by atoms with Gasteiger partial charge in [-0.15, -0.1) is 23.4 Å². The zero-order valence-electron chi connectivity index (χ0n) is 16.4. The first-order valence-corrected chi connectivity index (χ1v) is 9.12. The Bertz CT molecular complexity index is 1080. The molecule has 0 fully saturated rings. The molecule has 4 heteroatoms. The van der Waals surface area contributed by atoms with Crippen LogP contribution in [-0.4, -0.2) is 0 Å². The Balaban J connectivity index is 0.000000391. The van der Waals surface area contributed by atoms with Crippen molar-refractivity contribution in [3.05, 3.63) is 126 Å². The summed E-state index contributed by atoms with van der Waals surface area (Å²) >= 11 is 0. The first kappa shape index (κ1) is 25.9. The molecule has 0 unspecified atom stereocenters. The van der Waals surface area contributed by atoms with Gasteiger partial charge in [-0.2, -0.15) is 18.6 Å². The van der Waals surface area contributed by atoms with Crippen molar-refractivity contribution in [1.29, 1.82) is 0 Å². The summed E-state index contributed by atoms with van der Waals surface area (Å²) < 4.78 is 0. The molecule has 0 saturated carbocycles. The topological polar surface area (TPSA) is 23.8 Å². The fourth-order valence-electron chi connectivity index (χ4n) is 3.63. The Hall–Kier alpha value is -2.16. The fraction of sp³-hybridized carbons (Fsp3) is 0.0385. The van der Waals surface area contributed by atoms with Crippen LogP contribution in [-0.2, 0) is 28.1 Å². The number of benzene rings is 4. The third kappa shape index (κ3) is 5.50. The van der Waals surface area contributed by atoms with E-state index in [1.165, 1.54) is 33.4 Å². The molecule has 0 aliphatic heterocycles. The molecular formula is C26H21Cl2NTi-2. The van der Waals surface area contributed by atoms with Crippen molar-refractivity contribution < 1.29 is 46.5 Å². The predicted molar refractivity (Wildman–Crippen MR) is 115 cm³/mol. The van der Waals surface area contributed by atoms with Crippen LogP contribution < -0.4 is 24.8 Å². The maximum absolute atomic E-state index is 7.00. The van der Waals surface area contributed by atoms with Gasteiger partial charge in [0.05, 0.1) is 0 Å². The largest absolute Gasteiger partial charge is 2.00 e. The molecule has 0 radical (unpaired) electrons. The Labute approximate surface area is 206 Å². The molecule has 4 aromatic carbocycles. The van der Waals surface area contributed by atoms with Crippen LogP contribution in [0.2, 0.25) is 0 Å². The number of rotatable bonds is 1. The smallest absolute Gasteiger partial charge is 1.00 e. The van der Waals surface area contributed by atoms with Gasteiger partial charge >= 0.3 is 21.7 Å². The van der Waals surface area contributed by atoms with Crippen LogP contribution in [0, 0.1) is 6.92 Å². The SMILES string of the molecule is [CH2-]c1ccccc1-c1cccc2c1Cc1ccccc1-2.[Cl-].[Cl-].[NH-]c1ccccc1.[Ti+2]. The van der Waals surface area contributed by atoms with E-state index in [2.05, 4.69) is 67.6 Å².